The van der Waals surface area contributed by atoms with Crippen LogP contribution in [-0.2, 0) is 9.59 Å². The van der Waals surface area contributed by atoms with Gasteiger partial charge in [0.2, 0.25) is 11.8 Å². The third-order valence-corrected chi connectivity index (χ3v) is 4.91. The zero-order valence-electron chi connectivity index (χ0n) is 14.8. The lowest BCUT2D eigenvalue weighted by atomic mass is 9.87. The lowest BCUT2D eigenvalue weighted by molar-refractivity contribution is -0.129. The highest BCUT2D eigenvalue weighted by Crippen LogP contribution is 2.26. The van der Waals surface area contributed by atoms with E-state index < -0.39 is 6.04 Å². The van der Waals surface area contributed by atoms with Crippen LogP contribution in [0.15, 0.2) is 0 Å². The van der Waals surface area contributed by atoms with Gasteiger partial charge < -0.3 is 16.0 Å². The molecule has 3 N–H and O–H groups in total. The smallest absolute Gasteiger partial charge is 0.242 e. The Balaban J connectivity index is 0.00000288. The molecule has 2 fully saturated rings. The number of halogens is 1. The molecule has 1 aliphatic heterocycles. The van der Waals surface area contributed by atoms with Crippen molar-refractivity contribution in [2.45, 2.75) is 51.5 Å². The number of hydrogen-bond acceptors (Lipinski definition) is 4. The van der Waals surface area contributed by atoms with E-state index in [-0.39, 0.29) is 24.2 Å². The summed E-state index contributed by atoms with van der Waals surface area (Å²) in [5.74, 6) is 0.436. The lowest BCUT2D eigenvalue weighted by Crippen LogP contribution is -2.49. The molecule has 2 aliphatic rings. The van der Waals surface area contributed by atoms with Gasteiger partial charge in [0.15, 0.2) is 0 Å². The zero-order valence-corrected chi connectivity index (χ0v) is 15.6. The first kappa shape index (κ1) is 21.2. The van der Waals surface area contributed by atoms with Crippen molar-refractivity contribution >= 4 is 24.2 Å². The maximum atomic E-state index is 12.1. The fourth-order valence-corrected chi connectivity index (χ4v) is 3.44. The van der Waals surface area contributed by atoms with Gasteiger partial charge in [-0.3, -0.25) is 14.5 Å². The van der Waals surface area contributed by atoms with Gasteiger partial charge in [0.05, 0.1) is 0 Å². The second-order valence-corrected chi connectivity index (χ2v) is 6.88. The predicted octanol–water partition coefficient (Wildman–Crippen LogP) is 0.905. The van der Waals surface area contributed by atoms with Crippen LogP contribution in [0.25, 0.3) is 0 Å². The van der Waals surface area contributed by atoms with Crippen LogP contribution < -0.4 is 16.0 Å². The molecule has 24 heavy (non-hydrogen) atoms. The molecule has 1 unspecified atom stereocenters. The minimum absolute atomic E-state index is 0. The summed E-state index contributed by atoms with van der Waals surface area (Å²) in [6, 6.07) is -0.450. The molecule has 1 saturated carbocycles. The van der Waals surface area contributed by atoms with Gasteiger partial charge in [0.1, 0.15) is 6.04 Å². The van der Waals surface area contributed by atoms with Crippen molar-refractivity contribution in [3.63, 3.8) is 0 Å². The van der Waals surface area contributed by atoms with Gasteiger partial charge in [-0.1, -0.05) is 19.3 Å². The van der Waals surface area contributed by atoms with Crippen LogP contribution in [0.4, 0.5) is 0 Å². The highest BCUT2D eigenvalue weighted by molar-refractivity contribution is 5.87. The fourth-order valence-electron chi connectivity index (χ4n) is 3.44. The van der Waals surface area contributed by atoms with Crippen LogP contribution in [0.3, 0.4) is 0 Å². The maximum Gasteiger partial charge on any atom is 0.242 e. The molecule has 0 radical (unpaired) electrons. The van der Waals surface area contributed by atoms with Crippen LogP contribution in [-0.4, -0.2) is 62.0 Å². The number of carbonyl (C=O) groups excluding carboxylic acids is 2. The van der Waals surface area contributed by atoms with Gasteiger partial charge in [-0.2, -0.15) is 0 Å². The molecule has 0 aromatic carbocycles. The summed E-state index contributed by atoms with van der Waals surface area (Å²) in [6.45, 7) is 7.37. The van der Waals surface area contributed by atoms with E-state index in [1.807, 2.05) is 0 Å². The van der Waals surface area contributed by atoms with Crippen LogP contribution in [0.2, 0.25) is 0 Å². The first-order valence-corrected chi connectivity index (χ1v) is 9.15. The van der Waals surface area contributed by atoms with E-state index in [1.54, 1.807) is 6.92 Å². The Kier molecular flexibility index (Phi) is 10.3. The van der Waals surface area contributed by atoms with E-state index in [4.69, 9.17) is 0 Å². The second-order valence-electron chi connectivity index (χ2n) is 6.88. The number of rotatable bonds is 7. The molecule has 2 rings (SSSR count). The minimum Gasteiger partial charge on any atom is -0.353 e. The van der Waals surface area contributed by atoms with Crippen LogP contribution in [0, 0.1) is 5.92 Å². The Hall–Kier alpha value is -0.850. The van der Waals surface area contributed by atoms with Crippen molar-refractivity contribution < 1.29 is 9.59 Å². The standard InChI is InChI=1S/C17H32N4O2.ClH/c1-14(20-16(22)13-15-5-3-2-4-6-15)17(23)19-9-12-21-10-7-18-8-11-21;/h14-15,18H,2-13H2,1H3,(H,19,23)(H,20,22);1H. The van der Waals surface area contributed by atoms with E-state index in [1.165, 1.54) is 19.3 Å². The first-order valence-electron chi connectivity index (χ1n) is 9.15. The van der Waals surface area contributed by atoms with Crippen LogP contribution in [0.1, 0.15) is 45.4 Å². The molecule has 1 aliphatic carbocycles. The summed E-state index contributed by atoms with van der Waals surface area (Å²) in [7, 11) is 0. The van der Waals surface area contributed by atoms with Crippen molar-refractivity contribution in [3.05, 3.63) is 0 Å². The summed E-state index contributed by atoms with van der Waals surface area (Å²) in [5, 5.41) is 9.07. The summed E-state index contributed by atoms with van der Waals surface area (Å²) < 4.78 is 0. The first-order chi connectivity index (χ1) is 11.1. The third kappa shape index (κ3) is 7.81. The Bertz CT molecular complexity index is 383. The molecule has 1 saturated heterocycles. The van der Waals surface area contributed by atoms with Crippen molar-refractivity contribution in [1.82, 2.24) is 20.9 Å². The van der Waals surface area contributed by atoms with E-state index in [0.29, 0.717) is 18.9 Å². The van der Waals surface area contributed by atoms with Crippen molar-refractivity contribution in [1.29, 1.82) is 0 Å². The van der Waals surface area contributed by atoms with E-state index >= 15 is 0 Å². The molecule has 1 heterocycles. The monoisotopic (exact) mass is 360 g/mol. The summed E-state index contributed by atoms with van der Waals surface area (Å²) >= 11 is 0. The molecule has 0 aromatic rings. The van der Waals surface area contributed by atoms with Crippen molar-refractivity contribution in [3.8, 4) is 0 Å². The van der Waals surface area contributed by atoms with Crippen LogP contribution >= 0.6 is 12.4 Å². The Labute approximate surface area is 151 Å². The molecular formula is C17H33ClN4O2. The molecule has 1 atom stereocenters. The van der Waals surface area contributed by atoms with Gasteiger partial charge in [0.25, 0.3) is 0 Å². The zero-order chi connectivity index (χ0) is 16.5. The van der Waals surface area contributed by atoms with Gasteiger partial charge in [0, 0.05) is 45.7 Å². The molecule has 0 spiro atoms. The predicted molar refractivity (Wildman–Crippen MR) is 98.4 cm³/mol. The molecular weight excluding hydrogens is 328 g/mol. The largest absolute Gasteiger partial charge is 0.353 e. The van der Waals surface area contributed by atoms with Gasteiger partial charge >= 0.3 is 0 Å². The number of piperazine rings is 1. The lowest BCUT2D eigenvalue weighted by Gasteiger charge is -2.27. The van der Waals surface area contributed by atoms with Gasteiger partial charge in [-0.15, -0.1) is 12.4 Å². The topological polar surface area (TPSA) is 73.5 Å². The van der Waals surface area contributed by atoms with E-state index in [0.717, 1.165) is 45.6 Å². The van der Waals surface area contributed by atoms with Crippen molar-refractivity contribution in [2.75, 3.05) is 39.3 Å². The Morgan fingerprint density at radius 3 is 2.50 bits per heavy atom. The average Bonchev–Trinajstić information content (AvgIpc) is 2.56. The molecule has 7 heteroatoms. The Morgan fingerprint density at radius 2 is 1.83 bits per heavy atom. The molecule has 2 amide bonds. The number of hydrogen-bond donors (Lipinski definition) is 3. The highest BCUT2D eigenvalue weighted by Gasteiger charge is 2.20. The normalized spacial score (nSPS) is 20.7. The minimum atomic E-state index is -0.450. The molecule has 6 nitrogen and oxygen atoms in total. The summed E-state index contributed by atoms with van der Waals surface area (Å²) in [4.78, 5) is 26.4. The van der Waals surface area contributed by atoms with Gasteiger partial charge in [-0.05, 0) is 25.7 Å². The quantitative estimate of drug-likeness (QED) is 0.631. The molecule has 0 aromatic heterocycles. The second kappa shape index (κ2) is 11.7. The molecule has 0 bridgehead atoms. The van der Waals surface area contributed by atoms with E-state index in [9.17, 15) is 9.59 Å². The van der Waals surface area contributed by atoms with Gasteiger partial charge in [-0.25, -0.2) is 0 Å². The Morgan fingerprint density at radius 1 is 1.17 bits per heavy atom. The third-order valence-electron chi connectivity index (χ3n) is 4.91. The van der Waals surface area contributed by atoms with Crippen LogP contribution in [0.5, 0.6) is 0 Å². The summed E-state index contributed by atoms with van der Waals surface area (Å²) in [5.41, 5.74) is 0. The number of nitrogens with zero attached hydrogens (tertiary/aromatic N) is 1. The highest BCUT2D eigenvalue weighted by atomic mass is 35.5. The average molecular weight is 361 g/mol. The number of nitrogens with one attached hydrogen (secondary N) is 3. The maximum absolute atomic E-state index is 12.1. The molecule has 140 valence electrons. The number of amides is 2. The summed E-state index contributed by atoms with van der Waals surface area (Å²) in [6.07, 6.45) is 6.64. The fraction of sp³-hybridized carbons (Fsp3) is 0.882. The van der Waals surface area contributed by atoms with Crippen molar-refractivity contribution in [2.24, 2.45) is 5.92 Å². The van der Waals surface area contributed by atoms with E-state index in [2.05, 4.69) is 20.9 Å². The number of carbonyl (C=O) groups is 2. The SMILES string of the molecule is CC(NC(=O)CC1CCCCC1)C(=O)NCCN1CCNCC1.Cl.